The number of aromatic nitrogens is 4. The highest BCUT2D eigenvalue weighted by atomic mass is 32.2. The topological polar surface area (TPSA) is 148 Å². The number of nitrogens with zero attached hydrogens (tertiary/aromatic N) is 5. The van der Waals surface area contributed by atoms with Crippen LogP contribution < -0.4 is 15.8 Å². The van der Waals surface area contributed by atoms with Crippen LogP contribution in [0, 0.1) is 5.92 Å². The van der Waals surface area contributed by atoms with Gasteiger partial charge in [-0.25, -0.2) is 17.9 Å². The van der Waals surface area contributed by atoms with E-state index in [0.29, 0.717) is 41.2 Å². The van der Waals surface area contributed by atoms with Crippen molar-refractivity contribution in [1.29, 1.82) is 0 Å². The van der Waals surface area contributed by atoms with Gasteiger partial charge in [-0.3, -0.25) is 19.4 Å². The van der Waals surface area contributed by atoms with Crippen molar-refractivity contribution < 1.29 is 13.2 Å². The van der Waals surface area contributed by atoms with Gasteiger partial charge in [0.05, 0.1) is 29.5 Å². The second-order valence-corrected chi connectivity index (χ2v) is 11.8. The van der Waals surface area contributed by atoms with Crippen LogP contribution in [-0.2, 0) is 23.1 Å². The smallest absolute Gasteiger partial charge is 0.263 e. The Morgan fingerprint density at radius 2 is 2.03 bits per heavy atom. The van der Waals surface area contributed by atoms with Gasteiger partial charge in [-0.15, -0.1) is 5.10 Å². The van der Waals surface area contributed by atoms with Crippen LogP contribution in [0.5, 0.6) is 0 Å². The fourth-order valence-corrected chi connectivity index (χ4v) is 5.68. The number of sulfonamides is 1. The Hall–Kier alpha value is -4.03. The third-order valence-electron chi connectivity index (χ3n) is 7.21. The highest BCUT2D eigenvalue weighted by molar-refractivity contribution is 7.92. The van der Waals surface area contributed by atoms with E-state index in [1.165, 1.54) is 23.6 Å². The Morgan fingerprint density at radius 3 is 2.74 bits per heavy atom. The summed E-state index contributed by atoms with van der Waals surface area (Å²) < 4.78 is 28.6. The maximum atomic E-state index is 13.1. The monoisotopic (exact) mass is 532 g/mol. The van der Waals surface area contributed by atoms with Crippen LogP contribution >= 0.6 is 0 Å². The lowest BCUT2D eigenvalue weighted by Crippen LogP contribution is -2.29. The zero-order chi connectivity index (χ0) is 26.6. The molecule has 4 N–H and O–H groups in total. The van der Waals surface area contributed by atoms with Crippen molar-refractivity contribution in [2.45, 2.75) is 38.9 Å². The normalized spacial score (nSPS) is 16.4. The number of amides is 1. The van der Waals surface area contributed by atoms with Crippen LogP contribution in [0.4, 0.5) is 17.2 Å². The van der Waals surface area contributed by atoms with Gasteiger partial charge >= 0.3 is 0 Å². The summed E-state index contributed by atoms with van der Waals surface area (Å²) in [4.78, 5) is 24.2. The molecule has 1 atom stereocenters. The average molecular weight is 533 g/mol. The first-order chi connectivity index (χ1) is 18.2. The number of nitrogens with two attached hydrogens (primary N) is 1. The number of hydrogen-bond acceptors (Lipinski definition) is 8. The van der Waals surface area contributed by atoms with Crippen molar-refractivity contribution in [3.63, 3.8) is 0 Å². The van der Waals surface area contributed by atoms with E-state index in [0.717, 1.165) is 29.5 Å². The lowest BCUT2D eigenvalue weighted by molar-refractivity contribution is 0.102. The molecule has 0 saturated heterocycles. The maximum absolute atomic E-state index is 13.1. The molecule has 1 saturated carbocycles. The minimum atomic E-state index is -3.50. The molecule has 38 heavy (non-hydrogen) atoms. The standard InChI is InChI=1S/C26H28N8O3S/c1-15(16-5-6-16)33-13-18-10-17(11-22(20(18)14-33)32-38(2,36)37)21-7-9-34-25(30-21)23(24(27)31-34)26(35)29-19-4-3-8-28-12-19/h3-4,7-12,15-16,32H,5-6,13-14H2,1-2H3,(H2,27,31)(H,29,35)/t15-/m0/s1. The minimum Gasteiger partial charge on any atom is -0.381 e. The van der Waals surface area contributed by atoms with Gasteiger partial charge in [-0.05, 0) is 67.1 Å². The van der Waals surface area contributed by atoms with Crippen molar-refractivity contribution in [3.05, 3.63) is 65.6 Å². The van der Waals surface area contributed by atoms with Crippen LogP contribution in [0.15, 0.2) is 48.9 Å². The summed E-state index contributed by atoms with van der Waals surface area (Å²) in [6, 6.07) is 9.50. The first-order valence-corrected chi connectivity index (χ1v) is 14.3. The summed E-state index contributed by atoms with van der Waals surface area (Å²) in [6.45, 7) is 3.67. The van der Waals surface area contributed by atoms with E-state index in [1.54, 1.807) is 36.7 Å². The van der Waals surface area contributed by atoms with Crippen molar-refractivity contribution in [2.75, 3.05) is 22.0 Å². The Morgan fingerprint density at radius 1 is 1.21 bits per heavy atom. The van der Waals surface area contributed by atoms with Crippen molar-refractivity contribution in [3.8, 4) is 11.3 Å². The van der Waals surface area contributed by atoms with Gasteiger partial charge in [-0.1, -0.05) is 0 Å². The molecule has 0 radical (unpaired) electrons. The molecular weight excluding hydrogens is 504 g/mol. The molecule has 6 rings (SSSR count). The average Bonchev–Trinajstić information content (AvgIpc) is 3.53. The lowest BCUT2D eigenvalue weighted by atomic mass is 10.0. The molecule has 1 amide bonds. The van der Waals surface area contributed by atoms with E-state index >= 15 is 0 Å². The molecule has 11 nitrogen and oxygen atoms in total. The van der Waals surface area contributed by atoms with E-state index in [9.17, 15) is 13.2 Å². The molecule has 12 heteroatoms. The van der Waals surface area contributed by atoms with Gasteiger partial charge in [0.2, 0.25) is 10.0 Å². The molecular formula is C26H28N8O3S. The summed E-state index contributed by atoms with van der Waals surface area (Å²) in [5.74, 6) is 0.296. The molecule has 0 bridgehead atoms. The Balaban J connectivity index is 1.40. The third kappa shape index (κ3) is 4.68. The van der Waals surface area contributed by atoms with Crippen LogP contribution in [0.3, 0.4) is 0 Å². The predicted octanol–water partition coefficient (Wildman–Crippen LogP) is 3.11. The first kappa shape index (κ1) is 24.3. The molecule has 2 aliphatic rings. The SMILES string of the molecule is C[C@@H](C1CC1)N1Cc2cc(-c3ccn4nc(N)c(C(=O)Nc5cccnc5)c4n3)cc(NS(C)(=O)=O)c2C1. The van der Waals surface area contributed by atoms with E-state index in [-0.39, 0.29) is 11.4 Å². The number of carbonyl (C=O) groups excluding carboxylic acids is 1. The second-order valence-electron chi connectivity index (χ2n) is 10.1. The van der Waals surface area contributed by atoms with E-state index < -0.39 is 15.9 Å². The molecule has 0 spiro atoms. The van der Waals surface area contributed by atoms with Gasteiger partial charge in [0, 0.05) is 37.1 Å². The molecule has 4 heterocycles. The van der Waals surface area contributed by atoms with E-state index in [2.05, 4.69) is 38.0 Å². The summed E-state index contributed by atoms with van der Waals surface area (Å²) in [5.41, 5.74) is 11.0. The summed E-state index contributed by atoms with van der Waals surface area (Å²) in [7, 11) is -3.50. The third-order valence-corrected chi connectivity index (χ3v) is 7.80. The largest absolute Gasteiger partial charge is 0.381 e. The van der Waals surface area contributed by atoms with Gasteiger partial charge in [-0.2, -0.15) is 0 Å². The first-order valence-electron chi connectivity index (χ1n) is 12.4. The number of nitrogens with one attached hydrogen (secondary N) is 2. The fourth-order valence-electron chi connectivity index (χ4n) is 5.10. The van der Waals surface area contributed by atoms with E-state index in [1.807, 2.05) is 0 Å². The molecule has 3 aromatic heterocycles. The maximum Gasteiger partial charge on any atom is 0.263 e. The summed E-state index contributed by atoms with van der Waals surface area (Å²) >= 11 is 0. The molecule has 4 aromatic rings. The van der Waals surface area contributed by atoms with Crippen molar-refractivity contribution in [2.24, 2.45) is 5.92 Å². The van der Waals surface area contributed by atoms with Crippen molar-refractivity contribution in [1.82, 2.24) is 24.5 Å². The summed E-state index contributed by atoms with van der Waals surface area (Å²) in [6.07, 6.45) is 8.46. The number of rotatable bonds is 7. The number of benzene rings is 1. The number of anilines is 3. The zero-order valence-corrected chi connectivity index (χ0v) is 21.9. The van der Waals surface area contributed by atoms with Crippen LogP contribution in [0.25, 0.3) is 16.9 Å². The Kier molecular flexibility index (Phi) is 5.80. The molecule has 1 fully saturated rings. The predicted molar refractivity (Wildman–Crippen MR) is 145 cm³/mol. The van der Waals surface area contributed by atoms with Crippen LogP contribution in [0.1, 0.15) is 41.3 Å². The highest BCUT2D eigenvalue weighted by Crippen LogP contribution is 2.41. The van der Waals surface area contributed by atoms with Crippen molar-refractivity contribution >= 4 is 38.8 Å². The molecule has 1 aliphatic carbocycles. The molecule has 0 unspecified atom stereocenters. The Bertz CT molecular complexity index is 1670. The minimum absolute atomic E-state index is 0.0501. The molecule has 196 valence electrons. The quantitative estimate of drug-likeness (QED) is 0.329. The molecule has 1 aliphatic heterocycles. The zero-order valence-electron chi connectivity index (χ0n) is 21.0. The van der Waals surface area contributed by atoms with E-state index in [4.69, 9.17) is 10.7 Å². The van der Waals surface area contributed by atoms with Crippen LogP contribution in [0.2, 0.25) is 0 Å². The van der Waals surface area contributed by atoms with Gasteiger partial charge in [0.1, 0.15) is 5.56 Å². The highest BCUT2D eigenvalue weighted by Gasteiger charge is 2.35. The Labute approximate surface area is 220 Å². The number of fused-ring (bicyclic) bond motifs is 2. The molecule has 1 aromatic carbocycles. The number of hydrogen-bond donors (Lipinski definition) is 3. The van der Waals surface area contributed by atoms with Gasteiger partial charge in [0.15, 0.2) is 11.5 Å². The van der Waals surface area contributed by atoms with Gasteiger partial charge in [0.25, 0.3) is 5.91 Å². The van der Waals surface area contributed by atoms with Gasteiger partial charge < -0.3 is 11.1 Å². The second kappa shape index (κ2) is 9.07. The van der Waals surface area contributed by atoms with Crippen LogP contribution in [-0.4, -0.2) is 51.1 Å². The number of carbonyl (C=O) groups is 1. The lowest BCUT2D eigenvalue weighted by Gasteiger charge is -2.23. The fraction of sp³-hybridized carbons (Fsp3) is 0.308. The summed E-state index contributed by atoms with van der Waals surface area (Å²) in [5, 5.41) is 7.02. The number of pyridine rings is 1. The number of nitrogen functional groups attached to an aromatic ring is 1.